The van der Waals surface area contributed by atoms with Crippen LogP contribution in [-0.4, -0.2) is 30.3 Å². The standard InChI is InChI=1S/C15H26N2O2/c1-12(2)11-18-9-10-19-14-8-6-7-13(16-14)17-15(3,4)5/h6-8,12H,9-11H2,1-5H3,(H,16,17). The van der Waals surface area contributed by atoms with E-state index in [0.29, 0.717) is 25.0 Å². The molecule has 0 atom stereocenters. The SMILES string of the molecule is CC(C)COCCOc1cccc(NC(C)(C)C)n1. The molecule has 108 valence electrons. The lowest BCUT2D eigenvalue weighted by Crippen LogP contribution is -2.26. The number of ether oxygens (including phenoxy) is 2. The summed E-state index contributed by atoms with van der Waals surface area (Å²) in [6.07, 6.45) is 0. The van der Waals surface area contributed by atoms with Crippen LogP contribution < -0.4 is 10.1 Å². The van der Waals surface area contributed by atoms with E-state index in [0.717, 1.165) is 12.4 Å². The van der Waals surface area contributed by atoms with Crippen LogP contribution in [0.15, 0.2) is 18.2 Å². The molecule has 1 heterocycles. The number of nitrogens with zero attached hydrogens (tertiary/aromatic N) is 1. The number of pyridine rings is 1. The van der Waals surface area contributed by atoms with Gasteiger partial charge in [0.25, 0.3) is 0 Å². The first-order chi connectivity index (χ1) is 8.87. The highest BCUT2D eigenvalue weighted by Crippen LogP contribution is 2.15. The van der Waals surface area contributed by atoms with Crippen molar-refractivity contribution in [3.63, 3.8) is 0 Å². The van der Waals surface area contributed by atoms with Crippen LogP contribution in [0.5, 0.6) is 5.88 Å². The topological polar surface area (TPSA) is 43.4 Å². The Morgan fingerprint density at radius 2 is 1.95 bits per heavy atom. The molecule has 0 saturated heterocycles. The Kier molecular flexibility index (Phi) is 6.09. The molecule has 0 unspecified atom stereocenters. The maximum Gasteiger partial charge on any atom is 0.215 e. The summed E-state index contributed by atoms with van der Waals surface area (Å²) >= 11 is 0. The van der Waals surface area contributed by atoms with E-state index in [4.69, 9.17) is 9.47 Å². The molecule has 0 aromatic carbocycles. The van der Waals surface area contributed by atoms with Crippen LogP contribution >= 0.6 is 0 Å². The molecule has 0 radical (unpaired) electrons. The Hall–Kier alpha value is -1.29. The van der Waals surface area contributed by atoms with Gasteiger partial charge in [0.1, 0.15) is 12.4 Å². The van der Waals surface area contributed by atoms with E-state index >= 15 is 0 Å². The Balaban J connectivity index is 2.36. The minimum Gasteiger partial charge on any atom is -0.475 e. The van der Waals surface area contributed by atoms with Crippen molar-refractivity contribution >= 4 is 5.82 Å². The summed E-state index contributed by atoms with van der Waals surface area (Å²) in [5.74, 6) is 2.01. The second-order valence-electron chi connectivity index (χ2n) is 6.05. The molecular formula is C15H26N2O2. The highest BCUT2D eigenvalue weighted by Gasteiger charge is 2.10. The van der Waals surface area contributed by atoms with Gasteiger partial charge < -0.3 is 14.8 Å². The van der Waals surface area contributed by atoms with Gasteiger partial charge in [-0.05, 0) is 32.8 Å². The largest absolute Gasteiger partial charge is 0.475 e. The van der Waals surface area contributed by atoms with E-state index in [9.17, 15) is 0 Å². The third-order valence-electron chi connectivity index (χ3n) is 2.16. The van der Waals surface area contributed by atoms with Gasteiger partial charge in [-0.2, -0.15) is 4.98 Å². The predicted octanol–water partition coefficient (Wildman–Crippen LogP) is 3.34. The molecule has 1 N–H and O–H groups in total. The van der Waals surface area contributed by atoms with Crippen molar-refractivity contribution in [2.75, 3.05) is 25.1 Å². The summed E-state index contributed by atoms with van der Waals surface area (Å²) < 4.78 is 11.0. The molecule has 1 rings (SSSR count). The molecule has 1 aromatic heterocycles. The van der Waals surface area contributed by atoms with Crippen LogP contribution in [0.4, 0.5) is 5.82 Å². The molecule has 0 saturated carbocycles. The molecule has 0 bridgehead atoms. The molecule has 0 aliphatic carbocycles. The van der Waals surface area contributed by atoms with Crippen LogP contribution in [0.3, 0.4) is 0 Å². The fourth-order valence-corrected chi connectivity index (χ4v) is 1.47. The maximum atomic E-state index is 5.57. The molecule has 0 spiro atoms. The molecule has 4 heteroatoms. The lowest BCUT2D eigenvalue weighted by molar-refractivity contribution is 0.0806. The van der Waals surface area contributed by atoms with Crippen molar-refractivity contribution in [1.82, 2.24) is 4.98 Å². The molecule has 19 heavy (non-hydrogen) atoms. The number of anilines is 1. The van der Waals surface area contributed by atoms with Gasteiger partial charge in [0.2, 0.25) is 5.88 Å². The van der Waals surface area contributed by atoms with Crippen molar-refractivity contribution in [3.8, 4) is 5.88 Å². The number of aromatic nitrogens is 1. The molecular weight excluding hydrogens is 240 g/mol. The third-order valence-corrected chi connectivity index (χ3v) is 2.16. The van der Waals surface area contributed by atoms with Gasteiger partial charge in [0, 0.05) is 18.2 Å². The molecule has 1 aromatic rings. The van der Waals surface area contributed by atoms with Crippen molar-refractivity contribution in [2.24, 2.45) is 5.92 Å². The van der Waals surface area contributed by atoms with E-state index < -0.39 is 0 Å². The molecule has 0 aliphatic rings. The van der Waals surface area contributed by atoms with E-state index in [1.807, 2.05) is 18.2 Å². The summed E-state index contributed by atoms with van der Waals surface area (Å²) in [6.45, 7) is 12.4. The minimum absolute atomic E-state index is 0.00794. The van der Waals surface area contributed by atoms with Crippen molar-refractivity contribution in [3.05, 3.63) is 18.2 Å². The summed E-state index contributed by atoms with van der Waals surface area (Å²) in [7, 11) is 0. The van der Waals surface area contributed by atoms with Crippen molar-refractivity contribution in [1.29, 1.82) is 0 Å². The maximum absolute atomic E-state index is 5.57. The molecule has 0 amide bonds. The quantitative estimate of drug-likeness (QED) is 0.769. The second-order valence-corrected chi connectivity index (χ2v) is 6.05. The lowest BCUT2D eigenvalue weighted by Gasteiger charge is -2.21. The Bertz CT molecular complexity index is 373. The Morgan fingerprint density at radius 3 is 2.58 bits per heavy atom. The minimum atomic E-state index is -0.00794. The van der Waals surface area contributed by atoms with Crippen LogP contribution in [0.1, 0.15) is 34.6 Å². The van der Waals surface area contributed by atoms with Crippen LogP contribution in [-0.2, 0) is 4.74 Å². The fourth-order valence-electron chi connectivity index (χ4n) is 1.47. The van der Waals surface area contributed by atoms with Crippen molar-refractivity contribution < 1.29 is 9.47 Å². The third kappa shape index (κ3) is 7.67. The fraction of sp³-hybridized carbons (Fsp3) is 0.667. The van der Waals surface area contributed by atoms with Gasteiger partial charge in [-0.25, -0.2) is 0 Å². The molecule has 0 fully saturated rings. The van der Waals surface area contributed by atoms with E-state index in [1.165, 1.54) is 0 Å². The van der Waals surface area contributed by atoms with Gasteiger partial charge in [-0.3, -0.25) is 0 Å². The average Bonchev–Trinajstić information content (AvgIpc) is 2.26. The summed E-state index contributed by atoms with van der Waals surface area (Å²) in [4.78, 5) is 4.40. The number of rotatable bonds is 7. The van der Waals surface area contributed by atoms with Gasteiger partial charge >= 0.3 is 0 Å². The zero-order valence-corrected chi connectivity index (χ0v) is 12.7. The number of hydrogen-bond acceptors (Lipinski definition) is 4. The first-order valence-electron chi connectivity index (χ1n) is 6.82. The average molecular weight is 266 g/mol. The van der Waals surface area contributed by atoms with E-state index in [1.54, 1.807) is 0 Å². The zero-order valence-electron chi connectivity index (χ0n) is 12.7. The van der Waals surface area contributed by atoms with Gasteiger partial charge in [0.15, 0.2) is 0 Å². The van der Waals surface area contributed by atoms with Crippen LogP contribution in [0.25, 0.3) is 0 Å². The first kappa shape index (κ1) is 15.8. The number of hydrogen-bond donors (Lipinski definition) is 1. The Morgan fingerprint density at radius 1 is 1.21 bits per heavy atom. The lowest BCUT2D eigenvalue weighted by atomic mass is 10.1. The highest BCUT2D eigenvalue weighted by molar-refractivity contribution is 5.39. The van der Waals surface area contributed by atoms with E-state index in [2.05, 4.69) is 44.9 Å². The number of nitrogens with one attached hydrogen (secondary N) is 1. The molecule has 0 aliphatic heterocycles. The predicted molar refractivity (Wildman–Crippen MR) is 78.8 cm³/mol. The van der Waals surface area contributed by atoms with Crippen LogP contribution in [0.2, 0.25) is 0 Å². The van der Waals surface area contributed by atoms with E-state index in [-0.39, 0.29) is 5.54 Å². The van der Waals surface area contributed by atoms with Crippen LogP contribution in [0, 0.1) is 5.92 Å². The first-order valence-corrected chi connectivity index (χ1v) is 6.82. The highest BCUT2D eigenvalue weighted by atomic mass is 16.5. The van der Waals surface area contributed by atoms with Gasteiger partial charge in [0.05, 0.1) is 6.61 Å². The summed E-state index contributed by atoms with van der Waals surface area (Å²) in [6, 6.07) is 5.73. The monoisotopic (exact) mass is 266 g/mol. The summed E-state index contributed by atoms with van der Waals surface area (Å²) in [5, 5.41) is 3.32. The van der Waals surface area contributed by atoms with Crippen molar-refractivity contribution in [2.45, 2.75) is 40.2 Å². The Labute approximate surface area is 116 Å². The smallest absolute Gasteiger partial charge is 0.215 e. The van der Waals surface area contributed by atoms with Gasteiger partial charge in [-0.15, -0.1) is 0 Å². The molecule has 4 nitrogen and oxygen atoms in total. The zero-order chi connectivity index (χ0) is 14.3. The van der Waals surface area contributed by atoms with Gasteiger partial charge in [-0.1, -0.05) is 19.9 Å². The second kappa shape index (κ2) is 7.34. The summed E-state index contributed by atoms with van der Waals surface area (Å²) in [5.41, 5.74) is -0.00794. The normalized spacial score (nSPS) is 11.7.